The maximum atomic E-state index is 12.8. The lowest BCUT2D eigenvalue weighted by Gasteiger charge is -2.62. The smallest absolute Gasteiger partial charge is 0.193 e. The molecule has 4 fully saturated rings. The Bertz CT molecular complexity index is 607. The van der Waals surface area contributed by atoms with Crippen molar-refractivity contribution in [3.05, 3.63) is 0 Å². The Morgan fingerprint density at radius 1 is 1.08 bits per heavy atom. The summed E-state index contributed by atoms with van der Waals surface area (Å²) in [6.45, 7) is 6.03. The summed E-state index contributed by atoms with van der Waals surface area (Å²) in [4.78, 5) is 12.8. The average molecular weight is 366 g/mol. The van der Waals surface area contributed by atoms with E-state index in [2.05, 4.69) is 6.92 Å². The molecule has 148 valence electrons. The highest BCUT2D eigenvalue weighted by Crippen LogP contribution is 2.67. The third-order valence-electron chi connectivity index (χ3n) is 9.39. The van der Waals surface area contributed by atoms with Crippen molar-refractivity contribution in [2.45, 2.75) is 89.6 Å². The van der Waals surface area contributed by atoms with E-state index >= 15 is 0 Å². The van der Waals surface area contributed by atoms with E-state index in [1.165, 1.54) is 0 Å². The Kier molecular flexibility index (Phi) is 4.17. The second-order valence-electron chi connectivity index (χ2n) is 10.1. The van der Waals surface area contributed by atoms with Crippen LogP contribution in [0.3, 0.4) is 0 Å². The van der Waals surface area contributed by atoms with E-state index in [9.17, 15) is 25.2 Å². The minimum absolute atomic E-state index is 0.0279. The molecule has 5 nitrogen and oxygen atoms in total. The van der Waals surface area contributed by atoms with Gasteiger partial charge in [0.1, 0.15) is 11.7 Å². The third-order valence-corrected chi connectivity index (χ3v) is 9.39. The molecule has 10 atom stereocenters. The Hall–Kier alpha value is -0.490. The topological polar surface area (TPSA) is 98.0 Å². The highest BCUT2D eigenvalue weighted by atomic mass is 16.3. The third kappa shape index (κ3) is 2.09. The summed E-state index contributed by atoms with van der Waals surface area (Å²) in [6.07, 6.45) is 2.86. The van der Waals surface area contributed by atoms with Gasteiger partial charge in [0.2, 0.25) is 0 Å². The molecule has 4 aliphatic rings. The zero-order valence-electron chi connectivity index (χ0n) is 16.2. The van der Waals surface area contributed by atoms with E-state index in [1.54, 1.807) is 0 Å². The summed E-state index contributed by atoms with van der Waals surface area (Å²) in [7, 11) is 0. The van der Waals surface area contributed by atoms with Gasteiger partial charge in [-0.2, -0.15) is 0 Å². The Morgan fingerprint density at radius 3 is 2.42 bits per heavy atom. The van der Waals surface area contributed by atoms with Gasteiger partial charge in [-0.15, -0.1) is 0 Å². The number of aliphatic hydroxyl groups excluding tert-OH is 3. The number of fused-ring (bicyclic) bond motifs is 5. The molecule has 4 N–H and O–H groups in total. The van der Waals surface area contributed by atoms with Crippen molar-refractivity contribution in [2.24, 2.45) is 34.5 Å². The lowest BCUT2D eigenvalue weighted by Crippen LogP contribution is -2.61. The van der Waals surface area contributed by atoms with Crippen LogP contribution < -0.4 is 0 Å². The second kappa shape index (κ2) is 5.76. The molecule has 4 aliphatic carbocycles. The van der Waals surface area contributed by atoms with Crippen LogP contribution in [-0.4, -0.2) is 50.1 Å². The van der Waals surface area contributed by atoms with Gasteiger partial charge in [-0.1, -0.05) is 20.8 Å². The zero-order chi connectivity index (χ0) is 19.1. The van der Waals surface area contributed by atoms with Crippen LogP contribution in [0.4, 0.5) is 0 Å². The van der Waals surface area contributed by atoms with E-state index in [0.717, 1.165) is 25.7 Å². The van der Waals surface area contributed by atoms with Crippen LogP contribution in [-0.2, 0) is 4.79 Å². The van der Waals surface area contributed by atoms with Gasteiger partial charge in [0.05, 0.1) is 12.2 Å². The van der Waals surface area contributed by atoms with Crippen molar-refractivity contribution in [3.63, 3.8) is 0 Å². The van der Waals surface area contributed by atoms with Crippen LogP contribution in [0.2, 0.25) is 0 Å². The highest BCUT2D eigenvalue weighted by Gasteiger charge is 2.72. The number of ketones is 1. The van der Waals surface area contributed by atoms with E-state index < -0.39 is 34.9 Å². The molecule has 0 aromatic rings. The van der Waals surface area contributed by atoms with Crippen molar-refractivity contribution in [1.82, 2.24) is 0 Å². The van der Waals surface area contributed by atoms with Crippen molar-refractivity contribution >= 4 is 5.78 Å². The van der Waals surface area contributed by atoms with Crippen molar-refractivity contribution in [3.8, 4) is 0 Å². The average Bonchev–Trinajstić information content (AvgIpc) is 2.75. The number of hydrogen-bond acceptors (Lipinski definition) is 5. The number of hydrogen-bond donors (Lipinski definition) is 4. The monoisotopic (exact) mass is 366 g/mol. The summed E-state index contributed by atoms with van der Waals surface area (Å²) in [5.74, 6) is -0.496. The lowest BCUT2D eigenvalue weighted by molar-refractivity contribution is -0.199. The molecule has 26 heavy (non-hydrogen) atoms. The van der Waals surface area contributed by atoms with Crippen molar-refractivity contribution in [2.75, 3.05) is 0 Å². The fourth-order valence-electron chi connectivity index (χ4n) is 7.77. The molecule has 4 rings (SSSR count). The molecule has 0 aromatic heterocycles. The minimum Gasteiger partial charge on any atom is -0.393 e. The molecule has 5 unspecified atom stereocenters. The summed E-state index contributed by atoms with van der Waals surface area (Å²) in [5.41, 5.74) is -2.15. The number of aliphatic hydroxyl groups is 4. The molecule has 4 saturated carbocycles. The summed E-state index contributed by atoms with van der Waals surface area (Å²) >= 11 is 0. The predicted octanol–water partition coefficient (Wildman–Crippen LogP) is 1.65. The van der Waals surface area contributed by atoms with Crippen LogP contribution in [0.5, 0.6) is 0 Å². The first-order valence-electron chi connectivity index (χ1n) is 10.4. The number of carbonyl (C=O) groups is 1. The van der Waals surface area contributed by atoms with Crippen LogP contribution in [0.1, 0.15) is 65.7 Å². The van der Waals surface area contributed by atoms with Gasteiger partial charge >= 0.3 is 0 Å². The van der Waals surface area contributed by atoms with Crippen LogP contribution >= 0.6 is 0 Å². The first-order chi connectivity index (χ1) is 12.1. The number of carbonyl (C=O) groups excluding carboxylic acids is 1. The molecule has 0 saturated heterocycles. The van der Waals surface area contributed by atoms with E-state index in [1.807, 2.05) is 13.8 Å². The van der Waals surface area contributed by atoms with Gasteiger partial charge in [0, 0.05) is 11.3 Å². The van der Waals surface area contributed by atoms with Gasteiger partial charge in [-0.05, 0) is 68.1 Å². The van der Waals surface area contributed by atoms with E-state index in [4.69, 9.17) is 0 Å². The van der Waals surface area contributed by atoms with Crippen LogP contribution in [0.25, 0.3) is 0 Å². The Balaban J connectivity index is 1.75. The molecule has 0 heterocycles. The molecule has 0 aromatic carbocycles. The molecule has 0 aliphatic heterocycles. The number of rotatable bonds is 1. The fourth-order valence-corrected chi connectivity index (χ4v) is 7.77. The van der Waals surface area contributed by atoms with Gasteiger partial charge in [-0.25, -0.2) is 0 Å². The summed E-state index contributed by atoms with van der Waals surface area (Å²) < 4.78 is 0. The zero-order valence-corrected chi connectivity index (χ0v) is 16.2. The molecular weight excluding hydrogens is 332 g/mol. The number of Topliss-reactive ketones (excluding diaryl/α,β-unsaturated/α-hetero) is 1. The predicted molar refractivity (Wildman–Crippen MR) is 96.1 cm³/mol. The molecule has 0 spiro atoms. The molecular formula is C21H34O5. The van der Waals surface area contributed by atoms with Crippen LogP contribution in [0, 0.1) is 34.5 Å². The maximum absolute atomic E-state index is 12.8. The van der Waals surface area contributed by atoms with Gasteiger partial charge in [-0.3, -0.25) is 4.79 Å². The van der Waals surface area contributed by atoms with Gasteiger partial charge in [0.15, 0.2) is 5.78 Å². The molecule has 0 bridgehead atoms. The molecule has 0 radical (unpaired) electrons. The Morgan fingerprint density at radius 2 is 1.77 bits per heavy atom. The minimum atomic E-state index is -1.50. The van der Waals surface area contributed by atoms with Gasteiger partial charge in [0.25, 0.3) is 0 Å². The summed E-state index contributed by atoms with van der Waals surface area (Å²) in [6, 6.07) is 0. The first kappa shape index (κ1) is 18.9. The van der Waals surface area contributed by atoms with E-state index in [0.29, 0.717) is 19.3 Å². The summed E-state index contributed by atoms with van der Waals surface area (Å²) in [5, 5.41) is 43.2. The quantitative estimate of drug-likeness (QED) is 0.566. The van der Waals surface area contributed by atoms with Crippen LogP contribution in [0.15, 0.2) is 0 Å². The molecule has 5 heteroatoms. The maximum Gasteiger partial charge on any atom is 0.193 e. The standard InChI is InChI=1S/C21H34O5/c1-4-21(26)18(25)17(24)16-15-13(6-8-20(16,21)3)19(2)7-5-12(22)9-11(19)10-14(15)23/h11-17,22-24,26H,4-10H2,1-3H3/t11-,12-,13?,14?,15?,16?,17?,19-,20-,21-/m0/s1. The fraction of sp³-hybridized carbons (Fsp3) is 0.952. The lowest BCUT2D eigenvalue weighted by atomic mass is 9.43. The largest absolute Gasteiger partial charge is 0.393 e. The molecule has 0 amide bonds. The SMILES string of the molecule is CC[C@]1(O)C(=O)C(O)C2C3C(O)C[C@@H]4C[C@@H](O)CC[C@]4(C)C3CC[C@@]21C. The highest BCUT2D eigenvalue weighted by molar-refractivity contribution is 5.95. The van der Waals surface area contributed by atoms with Crippen molar-refractivity contribution < 1.29 is 25.2 Å². The van der Waals surface area contributed by atoms with E-state index in [-0.39, 0.29) is 29.3 Å². The Labute approximate surface area is 155 Å². The normalized spacial score (nSPS) is 59.5. The second-order valence-corrected chi connectivity index (χ2v) is 10.1. The first-order valence-corrected chi connectivity index (χ1v) is 10.4. The van der Waals surface area contributed by atoms with Gasteiger partial charge < -0.3 is 20.4 Å². The van der Waals surface area contributed by atoms with Crippen molar-refractivity contribution in [1.29, 1.82) is 0 Å².